The third-order valence-electron chi connectivity index (χ3n) is 3.77. The molecule has 0 bridgehead atoms. The van der Waals surface area contributed by atoms with Gasteiger partial charge in [-0.25, -0.2) is 9.18 Å². The van der Waals surface area contributed by atoms with Crippen molar-refractivity contribution >= 4 is 23.3 Å². The molecule has 0 aromatic heterocycles. The highest BCUT2D eigenvalue weighted by Crippen LogP contribution is 2.24. The standard InChI is InChI=1S/C18H14FNO5/c1-24-16-5-3-11(7-13(16)19)18(23)25-9-15(21)10-2-4-14-12(6-10)8-17(22)20-14/h2-7H,8-9H2,1H3,(H,20,22). The van der Waals surface area contributed by atoms with Crippen LogP contribution in [0.3, 0.4) is 0 Å². The fourth-order valence-electron chi connectivity index (χ4n) is 2.49. The summed E-state index contributed by atoms with van der Waals surface area (Å²) in [5, 5.41) is 2.67. The zero-order chi connectivity index (χ0) is 18.0. The van der Waals surface area contributed by atoms with E-state index in [1.54, 1.807) is 18.2 Å². The first-order valence-electron chi connectivity index (χ1n) is 7.44. The van der Waals surface area contributed by atoms with Gasteiger partial charge in [0.15, 0.2) is 24.0 Å². The maximum atomic E-state index is 13.6. The van der Waals surface area contributed by atoms with Crippen molar-refractivity contribution < 1.29 is 28.2 Å². The summed E-state index contributed by atoms with van der Waals surface area (Å²) in [5.74, 6) is -2.04. The number of anilines is 1. The summed E-state index contributed by atoms with van der Waals surface area (Å²) in [6.07, 6.45) is 0.210. The summed E-state index contributed by atoms with van der Waals surface area (Å²) in [6.45, 7) is -0.480. The van der Waals surface area contributed by atoms with Crippen LogP contribution in [0.15, 0.2) is 36.4 Å². The van der Waals surface area contributed by atoms with Crippen molar-refractivity contribution in [2.24, 2.45) is 0 Å². The van der Waals surface area contributed by atoms with Gasteiger partial charge in [0.2, 0.25) is 5.91 Å². The van der Waals surface area contributed by atoms with Crippen molar-refractivity contribution in [1.82, 2.24) is 0 Å². The number of halogens is 1. The van der Waals surface area contributed by atoms with Gasteiger partial charge in [0.1, 0.15) is 0 Å². The fourth-order valence-corrected chi connectivity index (χ4v) is 2.49. The minimum Gasteiger partial charge on any atom is -0.494 e. The zero-order valence-corrected chi connectivity index (χ0v) is 13.3. The van der Waals surface area contributed by atoms with E-state index in [1.807, 2.05) is 0 Å². The second kappa shape index (κ2) is 6.72. The van der Waals surface area contributed by atoms with Crippen LogP contribution in [0.2, 0.25) is 0 Å². The SMILES string of the molecule is COc1ccc(C(=O)OCC(=O)c2ccc3c(c2)CC(=O)N3)cc1F. The number of nitrogens with one attached hydrogen (secondary N) is 1. The van der Waals surface area contributed by atoms with Crippen LogP contribution in [0.25, 0.3) is 0 Å². The molecule has 0 atom stereocenters. The van der Waals surface area contributed by atoms with Gasteiger partial charge in [-0.1, -0.05) is 0 Å². The van der Waals surface area contributed by atoms with E-state index in [-0.39, 0.29) is 23.6 Å². The molecule has 2 aromatic carbocycles. The Labute approximate surface area is 142 Å². The Morgan fingerprint density at radius 1 is 1.16 bits per heavy atom. The lowest BCUT2D eigenvalue weighted by Crippen LogP contribution is -2.14. The molecule has 0 fully saturated rings. The Kier molecular flexibility index (Phi) is 4.47. The highest BCUT2D eigenvalue weighted by Gasteiger charge is 2.20. The number of esters is 1. The van der Waals surface area contributed by atoms with Crippen LogP contribution in [0.5, 0.6) is 5.75 Å². The van der Waals surface area contributed by atoms with Crippen molar-refractivity contribution in [2.75, 3.05) is 19.0 Å². The summed E-state index contributed by atoms with van der Waals surface area (Å²) in [6, 6.07) is 8.41. The van der Waals surface area contributed by atoms with E-state index in [0.29, 0.717) is 11.3 Å². The van der Waals surface area contributed by atoms with Crippen LogP contribution >= 0.6 is 0 Å². The van der Waals surface area contributed by atoms with Gasteiger partial charge in [-0.05, 0) is 42.0 Å². The highest BCUT2D eigenvalue weighted by atomic mass is 19.1. The predicted molar refractivity (Wildman–Crippen MR) is 86.3 cm³/mol. The molecule has 25 heavy (non-hydrogen) atoms. The Morgan fingerprint density at radius 3 is 2.64 bits per heavy atom. The molecule has 7 heteroatoms. The largest absolute Gasteiger partial charge is 0.494 e. The van der Waals surface area contributed by atoms with Gasteiger partial charge >= 0.3 is 5.97 Å². The van der Waals surface area contributed by atoms with Crippen LogP contribution in [-0.2, 0) is 16.0 Å². The number of hydrogen-bond donors (Lipinski definition) is 1. The number of ketones is 1. The van der Waals surface area contributed by atoms with Crippen molar-refractivity contribution in [2.45, 2.75) is 6.42 Å². The summed E-state index contributed by atoms with van der Waals surface area (Å²) >= 11 is 0. The molecular formula is C18H14FNO5. The minimum atomic E-state index is -0.812. The van der Waals surface area contributed by atoms with E-state index in [9.17, 15) is 18.8 Å². The molecule has 0 aliphatic carbocycles. The number of benzene rings is 2. The number of fused-ring (bicyclic) bond motifs is 1. The molecular weight excluding hydrogens is 329 g/mol. The van der Waals surface area contributed by atoms with Gasteiger partial charge in [0.05, 0.1) is 19.1 Å². The maximum Gasteiger partial charge on any atom is 0.338 e. The average Bonchev–Trinajstić information content (AvgIpc) is 2.98. The van der Waals surface area contributed by atoms with Crippen molar-refractivity contribution in [3.63, 3.8) is 0 Å². The maximum absolute atomic E-state index is 13.6. The molecule has 0 radical (unpaired) electrons. The molecule has 1 aliphatic rings. The highest BCUT2D eigenvalue weighted by molar-refractivity contribution is 6.03. The van der Waals surface area contributed by atoms with Crippen LogP contribution in [0.4, 0.5) is 10.1 Å². The Morgan fingerprint density at radius 2 is 1.92 bits per heavy atom. The molecule has 1 aliphatic heterocycles. The second-order valence-electron chi connectivity index (χ2n) is 5.45. The van der Waals surface area contributed by atoms with Gasteiger partial charge < -0.3 is 14.8 Å². The first-order chi connectivity index (χ1) is 12.0. The van der Waals surface area contributed by atoms with Crippen molar-refractivity contribution in [3.05, 3.63) is 58.9 Å². The lowest BCUT2D eigenvalue weighted by Gasteiger charge is -2.07. The lowest BCUT2D eigenvalue weighted by atomic mass is 10.1. The molecule has 1 amide bonds. The minimum absolute atomic E-state index is 0.00826. The van der Waals surface area contributed by atoms with Crippen molar-refractivity contribution in [1.29, 1.82) is 0 Å². The summed E-state index contributed by atoms with van der Waals surface area (Å²) in [5.41, 5.74) is 1.71. The monoisotopic (exact) mass is 343 g/mol. The number of carbonyl (C=O) groups excluding carboxylic acids is 3. The van der Waals surface area contributed by atoms with Crippen LogP contribution < -0.4 is 10.1 Å². The smallest absolute Gasteiger partial charge is 0.338 e. The number of ether oxygens (including phenoxy) is 2. The number of rotatable bonds is 5. The molecule has 2 aromatic rings. The first kappa shape index (κ1) is 16.6. The average molecular weight is 343 g/mol. The molecule has 0 spiro atoms. The number of hydrogen-bond acceptors (Lipinski definition) is 5. The number of carbonyl (C=O) groups is 3. The molecule has 1 N–H and O–H groups in total. The first-order valence-corrected chi connectivity index (χ1v) is 7.44. The van der Waals surface area contributed by atoms with E-state index in [1.165, 1.54) is 19.2 Å². The Bertz CT molecular complexity index is 878. The van der Waals surface area contributed by atoms with Gasteiger partial charge in [-0.15, -0.1) is 0 Å². The normalized spacial score (nSPS) is 12.3. The van der Waals surface area contributed by atoms with Gasteiger partial charge in [0, 0.05) is 11.3 Å². The summed E-state index contributed by atoms with van der Waals surface area (Å²) in [4.78, 5) is 35.4. The van der Waals surface area contributed by atoms with E-state index in [4.69, 9.17) is 9.47 Å². The topological polar surface area (TPSA) is 81.7 Å². The van der Waals surface area contributed by atoms with Crippen LogP contribution in [0.1, 0.15) is 26.3 Å². The van der Waals surface area contributed by atoms with Gasteiger partial charge in [-0.2, -0.15) is 0 Å². The van der Waals surface area contributed by atoms with Gasteiger partial charge in [-0.3, -0.25) is 9.59 Å². The molecule has 3 rings (SSSR count). The summed E-state index contributed by atoms with van der Waals surface area (Å²) in [7, 11) is 1.31. The van der Waals surface area contributed by atoms with Crippen molar-refractivity contribution in [3.8, 4) is 5.75 Å². The predicted octanol–water partition coefficient (Wildman–Crippen LogP) is 2.37. The molecule has 6 nitrogen and oxygen atoms in total. The van der Waals surface area contributed by atoms with E-state index >= 15 is 0 Å². The van der Waals surface area contributed by atoms with Crippen LogP contribution in [-0.4, -0.2) is 31.4 Å². The lowest BCUT2D eigenvalue weighted by molar-refractivity contribution is -0.115. The van der Waals surface area contributed by atoms with E-state index in [0.717, 1.165) is 11.6 Å². The van der Waals surface area contributed by atoms with E-state index in [2.05, 4.69) is 5.32 Å². The summed E-state index contributed by atoms with van der Waals surface area (Å²) < 4.78 is 23.3. The Balaban J connectivity index is 1.64. The quantitative estimate of drug-likeness (QED) is 0.666. The van der Waals surface area contributed by atoms with Gasteiger partial charge in [0.25, 0.3) is 0 Å². The number of methoxy groups -OCH3 is 1. The third-order valence-corrected chi connectivity index (χ3v) is 3.77. The zero-order valence-electron chi connectivity index (χ0n) is 13.3. The van der Waals surface area contributed by atoms with Crippen LogP contribution in [0, 0.1) is 5.82 Å². The fraction of sp³-hybridized carbons (Fsp3) is 0.167. The van der Waals surface area contributed by atoms with E-state index < -0.39 is 24.2 Å². The molecule has 0 saturated carbocycles. The second-order valence-corrected chi connectivity index (χ2v) is 5.45. The Hall–Kier alpha value is -3.22. The third kappa shape index (κ3) is 3.50. The number of amides is 1. The molecule has 1 heterocycles. The molecule has 0 unspecified atom stereocenters. The molecule has 0 saturated heterocycles. The molecule has 128 valence electrons. The number of Topliss-reactive ketones (excluding diaryl/α,β-unsaturated/α-hetero) is 1.